The number of anilines is 2. The van der Waals surface area contributed by atoms with Gasteiger partial charge in [0.05, 0.1) is 36.2 Å². The zero-order valence-corrected chi connectivity index (χ0v) is 21.5. The van der Waals surface area contributed by atoms with E-state index in [2.05, 4.69) is 20.3 Å². The van der Waals surface area contributed by atoms with Crippen LogP contribution in [-0.4, -0.2) is 45.9 Å². The second-order valence-electron chi connectivity index (χ2n) is 8.91. The van der Waals surface area contributed by atoms with Crippen molar-refractivity contribution in [3.8, 4) is 34.3 Å². The van der Waals surface area contributed by atoms with E-state index in [9.17, 15) is 9.18 Å². The minimum absolute atomic E-state index is 0.291. The van der Waals surface area contributed by atoms with Crippen LogP contribution in [0.4, 0.5) is 16.0 Å². The van der Waals surface area contributed by atoms with Crippen molar-refractivity contribution in [1.82, 2.24) is 19.5 Å². The fourth-order valence-electron chi connectivity index (χ4n) is 4.19. The van der Waals surface area contributed by atoms with Gasteiger partial charge in [-0.05, 0) is 48.5 Å². The summed E-state index contributed by atoms with van der Waals surface area (Å²) >= 11 is 0. The number of nitrogens with zero attached hydrogens (tertiary/aromatic N) is 4. The molecule has 1 aliphatic heterocycles. The summed E-state index contributed by atoms with van der Waals surface area (Å²) in [5.41, 5.74) is 1.77. The number of hydrogen-bond donors (Lipinski definition) is 1. The Balaban J connectivity index is 1.24. The first-order valence-electron chi connectivity index (χ1n) is 12.5. The molecule has 202 valence electrons. The second kappa shape index (κ2) is 11.0. The molecule has 0 unspecified atom stereocenters. The largest absolute Gasteiger partial charge is 0.487 e. The Morgan fingerprint density at radius 3 is 2.42 bits per heavy atom. The first-order valence-corrected chi connectivity index (χ1v) is 12.5. The molecular formula is C29H24FN5O5. The van der Waals surface area contributed by atoms with E-state index in [-0.39, 0.29) is 11.4 Å². The minimum atomic E-state index is -0.349. The van der Waals surface area contributed by atoms with Gasteiger partial charge in [-0.1, -0.05) is 0 Å². The van der Waals surface area contributed by atoms with Gasteiger partial charge in [-0.3, -0.25) is 19.3 Å². The van der Waals surface area contributed by atoms with Gasteiger partial charge in [0.15, 0.2) is 11.5 Å². The molecule has 0 fully saturated rings. The fraction of sp³-hybridized carbons (Fsp3) is 0.172. The highest BCUT2D eigenvalue weighted by atomic mass is 19.1. The van der Waals surface area contributed by atoms with Crippen LogP contribution in [0.5, 0.6) is 23.0 Å². The van der Waals surface area contributed by atoms with E-state index in [0.29, 0.717) is 77.8 Å². The van der Waals surface area contributed by atoms with Gasteiger partial charge in [-0.15, -0.1) is 0 Å². The summed E-state index contributed by atoms with van der Waals surface area (Å²) in [6.07, 6.45) is 4.65. The van der Waals surface area contributed by atoms with Crippen LogP contribution in [-0.2, 0) is 11.8 Å². The second-order valence-corrected chi connectivity index (χ2v) is 8.91. The van der Waals surface area contributed by atoms with Crippen LogP contribution in [0.1, 0.15) is 0 Å². The summed E-state index contributed by atoms with van der Waals surface area (Å²) in [7, 11) is 1.60. The standard InChI is InChI=1S/C29H24FN5O5/c1-35-28(36)22(17-33-29(35)34-19-4-2-18(30)3-5-19)23-7-6-20(16-32-23)40-25-8-9-31-24-15-27-26(14-21(24)25)38-12-10-37-11-13-39-27/h2-9,14-17H,10-13H2,1H3,(H,33,34). The van der Waals surface area contributed by atoms with Gasteiger partial charge in [0.2, 0.25) is 5.95 Å². The van der Waals surface area contributed by atoms with Gasteiger partial charge in [-0.2, -0.15) is 0 Å². The van der Waals surface area contributed by atoms with Crippen molar-refractivity contribution in [2.75, 3.05) is 31.7 Å². The molecule has 0 atom stereocenters. The molecule has 0 saturated carbocycles. The third kappa shape index (κ3) is 5.27. The van der Waals surface area contributed by atoms with Crippen molar-refractivity contribution in [1.29, 1.82) is 0 Å². The Morgan fingerprint density at radius 2 is 1.68 bits per heavy atom. The van der Waals surface area contributed by atoms with Crippen LogP contribution < -0.4 is 25.1 Å². The summed E-state index contributed by atoms with van der Waals surface area (Å²) in [4.78, 5) is 26.3. The number of fused-ring (bicyclic) bond motifs is 2. The fourth-order valence-corrected chi connectivity index (χ4v) is 4.19. The van der Waals surface area contributed by atoms with Crippen LogP contribution in [0, 0.1) is 5.82 Å². The Bertz CT molecular complexity index is 1730. The molecule has 1 aliphatic rings. The maximum Gasteiger partial charge on any atom is 0.264 e. The lowest BCUT2D eigenvalue weighted by Crippen LogP contribution is -2.22. The third-order valence-electron chi connectivity index (χ3n) is 6.25. The van der Waals surface area contributed by atoms with E-state index in [4.69, 9.17) is 18.9 Å². The van der Waals surface area contributed by atoms with Crippen molar-refractivity contribution in [3.05, 3.63) is 89.4 Å². The lowest BCUT2D eigenvalue weighted by molar-refractivity contribution is 0.0877. The molecule has 3 aromatic heterocycles. The third-order valence-corrected chi connectivity index (χ3v) is 6.25. The molecule has 0 amide bonds. The number of halogens is 1. The summed E-state index contributed by atoms with van der Waals surface area (Å²) in [5.74, 6) is 2.20. The minimum Gasteiger partial charge on any atom is -0.487 e. The number of ether oxygens (including phenoxy) is 4. The highest BCUT2D eigenvalue weighted by Crippen LogP contribution is 2.37. The van der Waals surface area contributed by atoms with Crippen LogP contribution >= 0.6 is 0 Å². The molecule has 10 nitrogen and oxygen atoms in total. The Hall–Kier alpha value is -5.03. The molecule has 11 heteroatoms. The first-order chi connectivity index (χ1) is 19.5. The topological polar surface area (TPSA) is 110 Å². The van der Waals surface area contributed by atoms with E-state index in [1.54, 1.807) is 49.8 Å². The first kappa shape index (κ1) is 25.3. The van der Waals surface area contributed by atoms with Crippen molar-refractivity contribution in [2.24, 2.45) is 7.05 Å². The van der Waals surface area contributed by atoms with Gasteiger partial charge >= 0.3 is 0 Å². The Morgan fingerprint density at radius 1 is 0.900 bits per heavy atom. The lowest BCUT2D eigenvalue weighted by Gasteiger charge is -2.14. The van der Waals surface area contributed by atoms with Crippen molar-refractivity contribution >= 4 is 22.5 Å². The molecular weight excluding hydrogens is 517 g/mol. The summed E-state index contributed by atoms with van der Waals surface area (Å²) in [5, 5.41) is 3.76. The number of rotatable bonds is 5. The number of hydrogen-bond acceptors (Lipinski definition) is 9. The van der Waals surface area contributed by atoms with E-state index in [1.165, 1.54) is 22.9 Å². The number of benzene rings is 2. The van der Waals surface area contributed by atoms with Gasteiger partial charge in [0, 0.05) is 36.6 Å². The van der Waals surface area contributed by atoms with Crippen LogP contribution in [0.3, 0.4) is 0 Å². The molecule has 0 spiro atoms. The van der Waals surface area contributed by atoms with Crippen molar-refractivity contribution in [2.45, 2.75) is 0 Å². The predicted molar refractivity (Wildman–Crippen MR) is 146 cm³/mol. The van der Waals surface area contributed by atoms with Gasteiger partial charge in [0.1, 0.15) is 30.5 Å². The molecule has 0 radical (unpaired) electrons. The van der Waals surface area contributed by atoms with Crippen LogP contribution in [0.15, 0.2) is 78.0 Å². The molecule has 0 aliphatic carbocycles. The highest BCUT2D eigenvalue weighted by Gasteiger charge is 2.15. The van der Waals surface area contributed by atoms with E-state index >= 15 is 0 Å². The number of nitrogens with one attached hydrogen (secondary N) is 1. The Labute approximate surface area is 228 Å². The molecule has 40 heavy (non-hydrogen) atoms. The summed E-state index contributed by atoms with van der Waals surface area (Å²) < 4.78 is 37.8. The molecule has 5 aromatic rings. The van der Waals surface area contributed by atoms with Crippen molar-refractivity contribution < 1.29 is 23.3 Å². The van der Waals surface area contributed by atoms with E-state index in [1.807, 2.05) is 12.1 Å². The maximum absolute atomic E-state index is 13.2. The smallest absolute Gasteiger partial charge is 0.264 e. The average Bonchev–Trinajstić information content (AvgIpc) is 3.08. The Kier molecular flexibility index (Phi) is 6.94. The van der Waals surface area contributed by atoms with Gasteiger partial charge < -0.3 is 24.3 Å². The SMILES string of the molecule is Cn1c(Nc2ccc(F)cc2)ncc(-c2ccc(Oc3ccnc4cc5c(cc34)OCCOCCO5)cn2)c1=O. The van der Waals surface area contributed by atoms with E-state index in [0.717, 1.165) is 5.39 Å². The van der Waals surface area contributed by atoms with Gasteiger partial charge in [0.25, 0.3) is 5.56 Å². The molecule has 0 bridgehead atoms. The van der Waals surface area contributed by atoms with Crippen LogP contribution in [0.25, 0.3) is 22.2 Å². The average molecular weight is 542 g/mol. The van der Waals surface area contributed by atoms with Gasteiger partial charge in [-0.25, -0.2) is 9.37 Å². The monoisotopic (exact) mass is 541 g/mol. The molecule has 6 rings (SSSR count). The quantitative estimate of drug-likeness (QED) is 0.334. The lowest BCUT2D eigenvalue weighted by atomic mass is 10.1. The molecule has 2 aromatic carbocycles. The zero-order valence-electron chi connectivity index (χ0n) is 21.5. The molecule has 1 N–H and O–H groups in total. The number of pyridine rings is 2. The maximum atomic E-state index is 13.2. The highest BCUT2D eigenvalue weighted by molar-refractivity contribution is 5.88. The summed E-state index contributed by atoms with van der Waals surface area (Å²) in [6.45, 7) is 1.78. The normalized spacial score (nSPS) is 13.2. The van der Waals surface area contributed by atoms with Crippen LogP contribution in [0.2, 0.25) is 0 Å². The predicted octanol–water partition coefficient (Wildman–Crippen LogP) is 4.85. The molecule has 0 saturated heterocycles. The summed E-state index contributed by atoms with van der Waals surface area (Å²) in [6, 6.07) is 14.6. The zero-order chi connectivity index (χ0) is 27.5. The van der Waals surface area contributed by atoms with Crippen molar-refractivity contribution in [3.63, 3.8) is 0 Å². The molecule has 4 heterocycles. The van der Waals surface area contributed by atoms with E-state index < -0.39 is 0 Å². The number of aromatic nitrogens is 4.